The molecule has 8 heteroatoms. The number of hydrogen-bond donors (Lipinski definition) is 1. The van der Waals surface area contributed by atoms with E-state index in [4.69, 9.17) is 4.52 Å². The number of aromatic nitrogens is 4. The Morgan fingerprint density at radius 2 is 2.28 bits per heavy atom. The molecule has 1 N–H and O–H groups in total. The molecule has 128 valence electrons. The molecule has 1 saturated heterocycles. The molecule has 3 aromatic rings. The maximum atomic E-state index is 12.3. The number of carbonyl (C=O) groups is 1. The number of aromatic amines is 1. The van der Waals surface area contributed by atoms with Crippen molar-refractivity contribution in [1.29, 1.82) is 0 Å². The van der Waals surface area contributed by atoms with Crippen LogP contribution in [0.1, 0.15) is 47.5 Å². The third kappa shape index (κ3) is 2.86. The summed E-state index contributed by atoms with van der Waals surface area (Å²) < 4.78 is 5.38. The van der Waals surface area contributed by atoms with Gasteiger partial charge in [0.25, 0.3) is 5.89 Å². The van der Waals surface area contributed by atoms with Gasteiger partial charge < -0.3 is 9.42 Å². The maximum absolute atomic E-state index is 12.3. The summed E-state index contributed by atoms with van der Waals surface area (Å²) in [5.41, 5.74) is 1.81. The fourth-order valence-corrected chi connectivity index (χ4v) is 3.96. The highest BCUT2D eigenvalue weighted by Crippen LogP contribution is 2.40. The van der Waals surface area contributed by atoms with Crippen LogP contribution in [0, 0.1) is 0 Å². The van der Waals surface area contributed by atoms with Crippen molar-refractivity contribution in [3.63, 3.8) is 0 Å². The second kappa shape index (κ2) is 5.80. The number of amides is 1. The van der Waals surface area contributed by atoms with Gasteiger partial charge in [0.2, 0.25) is 5.91 Å². The minimum Gasteiger partial charge on any atom is -0.337 e. The first kappa shape index (κ1) is 14.8. The van der Waals surface area contributed by atoms with Gasteiger partial charge >= 0.3 is 0 Å². The number of hydrogen-bond acceptors (Lipinski definition) is 6. The van der Waals surface area contributed by atoms with E-state index in [-0.39, 0.29) is 11.8 Å². The van der Waals surface area contributed by atoms with Gasteiger partial charge in [0, 0.05) is 35.4 Å². The molecule has 5 rings (SSSR count). The van der Waals surface area contributed by atoms with E-state index in [2.05, 4.69) is 20.3 Å². The molecule has 0 spiro atoms. The molecule has 0 unspecified atom stereocenters. The monoisotopic (exact) mass is 355 g/mol. The molecule has 25 heavy (non-hydrogen) atoms. The van der Waals surface area contributed by atoms with Crippen LogP contribution in [0.2, 0.25) is 0 Å². The van der Waals surface area contributed by atoms with Crippen molar-refractivity contribution < 1.29 is 9.32 Å². The standard InChI is InChI=1S/C17H17N5O2S/c23-15-6-11(8-22(15)9-12-2-1-5-25-12)16-18-17(24-21-16)14-7-13(19-20-14)10-3-4-10/h1-2,5,7,10-11H,3-4,6,8-9H2,(H,19,20)/t11-/m0/s1. The lowest BCUT2D eigenvalue weighted by Crippen LogP contribution is -2.23. The van der Waals surface area contributed by atoms with E-state index in [1.807, 2.05) is 28.5 Å². The zero-order chi connectivity index (χ0) is 16.8. The molecule has 1 saturated carbocycles. The summed E-state index contributed by atoms with van der Waals surface area (Å²) in [7, 11) is 0. The highest BCUT2D eigenvalue weighted by Gasteiger charge is 2.34. The van der Waals surface area contributed by atoms with E-state index in [0.717, 1.165) is 5.69 Å². The molecular formula is C17H17N5O2S. The number of nitrogens with one attached hydrogen (secondary N) is 1. The quantitative estimate of drug-likeness (QED) is 0.760. The van der Waals surface area contributed by atoms with Gasteiger partial charge in [-0.1, -0.05) is 11.2 Å². The average molecular weight is 355 g/mol. The molecule has 0 radical (unpaired) electrons. The van der Waals surface area contributed by atoms with Crippen LogP contribution in [0.5, 0.6) is 0 Å². The molecule has 1 atom stereocenters. The smallest absolute Gasteiger partial charge is 0.278 e. The van der Waals surface area contributed by atoms with Crippen LogP contribution < -0.4 is 0 Å². The van der Waals surface area contributed by atoms with E-state index in [1.165, 1.54) is 17.7 Å². The normalized spacial score (nSPS) is 20.6. The van der Waals surface area contributed by atoms with Gasteiger partial charge in [-0.25, -0.2) is 0 Å². The summed E-state index contributed by atoms with van der Waals surface area (Å²) in [6.07, 6.45) is 2.85. The molecule has 1 aliphatic heterocycles. The van der Waals surface area contributed by atoms with Gasteiger partial charge in [-0.2, -0.15) is 10.1 Å². The summed E-state index contributed by atoms with van der Waals surface area (Å²) >= 11 is 1.66. The molecule has 4 heterocycles. The van der Waals surface area contributed by atoms with Gasteiger partial charge in [0.1, 0.15) is 0 Å². The fourth-order valence-electron chi connectivity index (χ4n) is 3.24. The summed E-state index contributed by atoms with van der Waals surface area (Å²) in [4.78, 5) is 19.8. The van der Waals surface area contributed by atoms with Crippen molar-refractivity contribution in [1.82, 2.24) is 25.2 Å². The van der Waals surface area contributed by atoms with Crippen LogP contribution in [0.3, 0.4) is 0 Å². The van der Waals surface area contributed by atoms with Gasteiger partial charge in [-0.15, -0.1) is 11.3 Å². The summed E-state index contributed by atoms with van der Waals surface area (Å²) in [5, 5.41) is 13.4. The van der Waals surface area contributed by atoms with Gasteiger partial charge in [0.05, 0.1) is 6.54 Å². The topological polar surface area (TPSA) is 87.9 Å². The van der Waals surface area contributed by atoms with Crippen LogP contribution in [-0.4, -0.2) is 37.7 Å². The number of rotatable bonds is 5. The van der Waals surface area contributed by atoms with Gasteiger partial charge in [-0.05, 0) is 30.4 Å². The third-order valence-corrected chi connectivity index (χ3v) is 5.64. The molecular weight excluding hydrogens is 338 g/mol. The maximum Gasteiger partial charge on any atom is 0.278 e. The zero-order valence-corrected chi connectivity index (χ0v) is 14.3. The average Bonchev–Trinajstić information content (AvgIpc) is 3.09. The van der Waals surface area contributed by atoms with Crippen molar-refractivity contribution in [3.8, 4) is 11.6 Å². The van der Waals surface area contributed by atoms with Gasteiger partial charge in [-0.3, -0.25) is 9.89 Å². The molecule has 1 aliphatic carbocycles. The number of H-pyrrole nitrogens is 1. The van der Waals surface area contributed by atoms with Crippen LogP contribution in [0.15, 0.2) is 28.1 Å². The first-order valence-electron chi connectivity index (χ1n) is 8.45. The molecule has 3 aromatic heterocycles. The lowest BCUT2D eigenvalue weighted by atomic mass is 10.1. The SMILES string of the molecule is O=C1C[C@H](c2noc(-c3cc(C4CC4)[nH]n3)n2)CN1Cc1cccs1. The zero-order valence-electron chi connectivity index (χ0n) is 13.5. The minimum atomic E-state index is -0.0215. The van der Waals surface area contributed by atoms with E-state index in [0.29, 0.717) is 42.8 Å². The summed E-state index contributed by atoms with van der Waals surface area (Å²) in [6.45, 7) is 1.28. The Labute approximate surface area is 148 Å². The minimum absolute atomic E-state index is 0.0215. The van der Waals surface area contributed by atoms with Crippen LogP contribution in [-0.2, 0) is 11.3 Å². The van der Waals surface area contributed by atoms with E-state index < -0.39 is 0 Å². The Kier molecular flexibility index (Phi) is 3.44. The number of carbonyl (C=O) groups excluding carboxylic acids is 1. The van der Waals surface area contributed by atoms with Crippen molar-refractivity contribution in [2.45, 2.75) is 37.6 Å². The first-order valence-corrected chi connectivity index (χ1v) is 9.33. The van der Waals surface area contributed by atoms with Crippen LogP contribution >= 0.6 is 11.3 Å². The number of nitrogens with zero attached hydrogens (tertiary/aromatic N) is 4. The Bertz CT molecular complexity index is 896. The summed E-state index contributed by atoms with van der Waals surface area (Å²) in [5.74, 6) is 1.73. The molecule has 0 bridgehead atoms. The van der Waals surface area contributed by atoms with Crippen LogP contribution in [0.4, 0.5) is 0 Å². The van der Waals surface area contributed by atoms with Crippen molar-refractivity contribution in [2.24, 2.45) is 0 Å². The highest BCUT2D eigenvalue weighted by molar-refractivity contribution is 7.09. The largest absolute Gasteiger partial charge is 0.337 e. The van der Waals surface area contributed by atoms with Gasteiger partial charge in [0.15, 0.2) is 11.5 Å². The Morgan fingerprint density at radius 3 is 3.08 bits per heavy atom. The lowest BCUT2D eigenvalue weighted by Gasteiger charge is -2.14. The van der Waals surface area contributed by atoms with E-state index in [1.54, 1.807) is 11.3 Å². The highest BCUT2D eigenvalue weighted by atomic mass is 32.1. The summed E-state index contributed by atoms with van der Waals surface area (Å²) in [6, 6.07) is 6.04. The third-order valence-electron chi connectivity index (χ3n) is 4.78. The first-order chi connectivity index (χ1) is 12.3. The second-order valence-electron chi connectivity index (χ2n) is 6.70. The number of likely N-dealkylation sites (tertiary alicyclic amines) is 1. The van der Waals surface area contributed by atoms with Crippen LogP contribution in [0.25, 0.3) is 11.6 Å². The lowest BCUT2D eigenvalue weighted by molar-refractivity contribution is -0.128. The van der Waals surface area contributed by atoms with E-state index >= 15 is 0 Å². The Balaban J connectivity index is 1.30. The Morgan fingerprint density at radius 1 is 1.36 bits per heavy atom. The molecule has 0 aromatic carbocycles. The second-order valence-corrected chi connectivity index (χ2v) is 7.73. The number of thiophene rings is 1. The molecule has 1 amide bonds. The van der Waals surface area contributed by atoms with E-state index in [9.17, 15) is 4.79 Å². The Hall–Kier alpha value is -2.48. The predicted molar refractivity (Wildman–Crippen MR) is 90.9 cm³/mol. The molecule has 7 nitrogen and oxygen atoms in total. The van der Waals surface area contributed by atoms with Crippen molar-refractivity contribution >= 4 is 17.2 Å². The molecule has 2 aliphatic rings. The predicted octanol–water partition coefficient (Wildman–Crippen LogP) is 2.91. The molecule has 2 fully saturated rings. The fraction of sp³-hybridized carbons (Fsp3) is 0.412. The van der Waals surface area contributed by atoms with Crippen molar-refractivity contribution in [3.05, 3.63) is 40.0 Å². The van der Waals surface area contributed by atoms with Crippen molar-refractivity contribution in [2.75, 3.05) is 6.54 Å².